The number of hydrogen-bond donors (Lipinski definition) is 2. The molecule has 3 N–H and O–H groups in total. The Morgan fingerprint density at radius 2 is 1.70 bits per heavy atom. The molecule has 1 amide bonds. The number of nitrogens with one attached hydrogen (secondary N) is 1. The molecule has 2 atom stereocenters. The number of unbranched alkanes of at least 4 members (excludes halogenated alkanes) is 2. The van der Waals surface area contributed by atoms with Gasteiger partial charge in [0.2, 0.25) is 5.91 Å². The van der Waals surface area contributed by atoms with Crippen molar-refractivity contribution in [2.75, 3.05) is 31.6 Å². The van der Waals surface area contributed by atoms with Gasteiger partial charge in [0.1, 0.15) is 30.0 Å². The number of benzene rings is 2. The summed E-state index contributed by atoms with van der Waals surface area (Å²) in [5.41, 5.74) is 8.89. The first kappa shape index (κ1) is 33.3. The van der Waals surface area contributed by atoms with E-state index in [-0.39, 0.29) is 19.5 Å². The predicted octanol–water partition coefficient (Wildman–Crippen LogP) is 3.16. The molecule has 222 valence electrons. The minimum Gasteiger partial charge on any atom is -0.458 e. The van der Waals surface area contributed by atoms with Gasteiger partial charge in [-0.15, -0.1) is 0 Å². The van der Waals surface area contributed by atoms with E-state index in [4.69, 9.17) is 10.5 Å². The lowest BCUT2D eigenvalue weighted by Gasteiger charge is -2.27. The molecule has 0 fully saturated rings. The number of halogens is 2. The summed E-state index contributed by atoms with van der Waals surface area (Å²) in [7, 11) is -3.59. The normalized spacial score (nSPS) is 13.1. The average molecular weight is 582 g/mol. The number of carbonyl (C=O) groups is 2. The van der Waals surface area contributed by atoms with E-state index in [0.29, 0.717) is 18.5 Å². The van der Waals surface area contributed by atoms with Crippen molar-refractivity contribution in [1.29, 1.82) is 0 Å². The van der Waals surface area contributed by atoms with Crippen LogP contribution in [0.15, 0.2) is 42.5 Å². The van der Waals surface area contributed by atoms with Gasteiger partial charge in [-0.2, -0.15) is 0 Å². The molecular weight excluding hydrogens is 540 g/mol. The first-order chi connectivity index (χ1) is 18.9. The highest BCUT2D eigenvalue weighted by molar-refractivity contribution is 7.91. The molecule has 0 aliphatic carbocycles. The second-order valence-corrected chi connectivity index (χ2v) is 12.2. The number of carbonyl (C=O) groups excluding carboxylic acids is 2. The molecule has 0 saturated carbocycles. The van der Waals surface area contributed by atoms with Crippen LogP contribution in [0.3, 0.4) is 0 Å². The lowest BCUT2D eigenvalue weighted by molar-refractivity contribution is -0.154. The highest BCUT2D eigenvalue weighted by Crippen LogP contribution is 2.13. The highest BCUT2D eigenvalue weighted by atomic mass is 32.2. The van der Waals surface area contributed by atoms with Crippen LogP contribution < -0.4 is 11.1 Å². The summed E-state index contributed by atoms with van der Waals surface area (Å²) in [6, 6.07) is 10.3. The van der Waals surface area contributed by atoms with Gasteiger partial charge in [0.15, 0.2) is 9.84 Å². The standard InChI is InChI=1S/C29H41F2N3O5S/c1-4-6-7-11-34(28(35)20-40(3,37)38)19-29(36)39-27(18-33-17-22-10-8-9-21(5-2)12-22)26(32)15-23-13-24(30)16-25(31)14-23/h8-10,12-14,16,26-27,33H,4-7,11,15,17-20,32H2,1-3H3/t26-,27+/m0/s1. The minimum absolute atomic E-state index is 0.0346. The minimum atomic E-state index is -3.59. The van der Waals surface area contributed by atoms with E-state index >= 15 is 0 Å². The number of hydrogen-bond acceptors (Lipinski definition) is 7. The number of aryl methyl sites for hydroxylation is 1. The molecule has 40 heavy (non-hydrogen) atoms. The van der Waals surface area contributed by atoms with Gasteiger partial charge in [0, 0.05) is 38.0 Å². The Balaban J connectivity index is 2.15. The summed E-state index contributed by atoms with van der Waals surface area (Å²) in [6.07, 6.45) is 3.27. The molecule has 0 radical (unpaired) electrons. The molecule has 0 bridgehead atoms. The lowest BCUT2D eigenvalue weighted by Crippen LogP contribution is -2.48. The van der Waals surface area contributed by atoms with Crippen LogP contribution in [0.25, 0.3) is 0 Å². The summed E-state index contributed by atoms with van der Waals surface area (Å²) in [6.45, 7) is 4.44. The van der Waals surface area contributed by atoms with Gasteiger partial charge in [-0.3, -0.25) is 9.59 Å². The predicted molar refractivity (Wildman–Crippen MR) is 151 cm³/mol. The van der Waals surface area contributed by atoms with Gasteiger partial charge in [-0.1, -0.05) is 51.0 Å². The van der Waals surface area contributed by atoms with Crippen molar-refractivity contribution in [2.45, 2.75) is 64.6 Å². The zero-order valence-electron chi connectivity index (χ0n) is 23.5. The third kappa shape index (κ3) is 12.5. The zero-order valence-corrected chi connectivity index (χ0v) is 24.3. The van der Waals surface area contributed by atoms with Crippen molar-refractivity contribution in [3.8, 4) is 0 Å². The number of sulfone groups is 1. The number of esters is 1. The first-order valence-corrected chi connectivity index (χ1v) is 15.6. The SMILES string of the molecule is CCCCCN(CC(=O)O[C@H](CNCc1cccc(CC)c1)[C@@H](N)Cc1cc(F)cc(F)c1)C(=O)CS(C)(=O)=O. The molecule has 2 aromatic carbocycles. The highest BCUT2D eigenvalue weighted by Gasteiger charge is 2.26. The summed E-state index contributed by atoms with van der Waals surface area (Å²) in [5, 5.41) is 3.23. The molecular formula is C29H41F2N3O5S. The second-order valence-electron chi connectivity index (χ2n) is 10.1. The number of ether oxygens (including phenoxy) is 1. The Labute approximate surface area is 236 Å². The van der Waals surface area contributed by atoms with Crippen molar-refractivity contribution in [1.82, 2.24) is 10.2 Å². The second kappa shape index (κ2) is 16.4. The number of nitrogens with two attached hydrogens (primary N) is 1. The number of rotatable bonds is 17. The van der Waals surface area contributed by atoms with E-state index in [1.807, 2.05) is 25.1 Å². The topological polar surface area (TPSA) is 119 Å². The quantitative estimate of drug-likeness (QED) is 0.218. The molecule has 0 aliphatic rings. The van der Waals surface area contributed by atoms with Crippen LogP contribution >= 0.6 is 0 Å². The molecule has 0 saturated heterocycles. The van der Waals surface area contributed by atoms with Crippen molar-refractivity contribution in [3.05, 3.63) is 70.8 Å². The number of nitrogens with zero attached hydrogens (tertiary/aromatic N) is 1. The van der Waals surface area contributed by atoms with Crippen LogP contribution in [0.2, 0.25) is 0 Å². The smallest absolute Gasteiger partial charge is 0.326 e. The van der Waals surface area contributed by atoms with Gasteiger partial charge in [0.05, 0.1) is 0 Å². The summed E-state index contributed by atoms with van der Waals surface area (Å²) >= 11 is 0. The fourth-order valence-corrected chi connectivity index (χ4v) is 4.88. The molecule has 8 nitrogen and oxygen atoms in total. The van der Waals surface area contributed by atoms with Crippen LogP contribution in [-0.2, 0) is 43.5 Å². The molecule has 2 aromatic rings. The van der Waals surface area contributed by atoms with E-state index in [1.165, 1.54) is 22.6 Å². The Morgan fingerprint density at radius 3 is 2.33 bits per heavy atom. The maximum absolute atomic E-state index is 13.7. The van der Waals surface area contributed by atoms with Crippen LogP contribution in [0.4, 0.5) is 8.78 Å². The number of amides is 1. The molecule has 0 aromatic heterocycles. The third-order valence-corrected chi connectivity index (χ3v) is 7.09. The summed E-state index contributed by atoms with van der Waals surface area (Å²) in [5.74, 6) is -3.62. The first-order valence-electron chi connectivity index (χ1n) is 13.5. The molecule has 0 aliphatic heterocycles. The van der Waals surface area contributed by atoms with E-state index in [0.717, 1.165) is 37.1 Å². The van der Waals surface area contributed by atoms with Crippen molar-refractivity contribution in [3.63, 3.8) is 0 Å². The summed E-state index contributed by atoms with van der Waals surface area (Å²) < 4.78 is 56.5. The fraction of sp³-hybridized carbons (Fsp3) is 0.517. The van der Waals surface area contributed by atoms with E-state index in [1.54, 1.807) is 0 Å². The van der Waals surface area contributed by atoms with Crippen molar-refractivity contribution < 1.29 is 31.5 Å². The molecule has 2 rings (SSSR count). The maximum atomic E-state index is 13.7. The lowest BCUT2D eigenvalue weighted by atomic mass is 10.0. The van der Waals surface area contributed by atoms with E-state index in [2.05, 4.69) is 18.3 Å². The molecule has 0 unspecified atom stereocenters. The van der Waals surface area contributed by atoms with Crippen molar-refractivity contribution in [2.24, 2.45) is 5.73 Å². The van der Waals surface area contributed by atoms with Crippen LogP contribution in [-0.4, -0.2) is 69.0 Å². The Morgan fingerprint density at radius 1 is 1.02 bits per heavy atom. The average Bonchev–Trinajstić information content (AvgIpc) is 2.86. The molecule has 11 heteroatoms. The Hall–Kier alpha value is -2.89. The van der Waals surface area contributed by atoms with Gasteiger partial charge in [-0.05, 0) is 48.1 Å². The largest absolute Gasteiger partial charge is 0.458 e. The van der Waals surface area contributed by atoms with Gasteiger partial charge < -0.3 is 20.7 Å². The maximum Gasteiger partial charge on any atom is 0.326 e. The molecule has 0 heterocycles. The van der Waals surface area contributed by atoms with Crippen LogP contribution in [0.5, 0.6) is 0 Å². The Bertz CT molecular complexity index is 1210. The fourth-order valence-electron chi connectivity index (χ4n) is 4.25. The van der Waals surface area contributed by atoms with E-state index < -0.39 is 57.8 Å². The van der Waals surface area contributed by atoms with E-state index in [9.17, 15) is 26.8 Å². The van der Waals surface area contributed by atoms with Gasteiger partial charge >= 0.3 is 5.97 Å². The summed E-state index contributed by atoms with van der Waals surface area (Å²) in [4.78, 5) is 26.8. The van der Waals surface area contributed by atoms with Crippen molar-refractivity contribution >= 4 is 21.7 Å². The monoisotopic (exact) mass is 581 g/mol. The third-order valence-electron chi connectivity index (χ3n) is 6.32. The van der Waals surface area contributed by atoms with Gasteiger partial charge in [0.25, 0.3) is 0 Å². The van der Waals surface area contributed by atoms with Crippen LogP contribution in [0, 0.1) is 11.6 Å². The van der Waals surface area contributed by atoms with Gasteiger partial charge in [-0.25, -0.2) is 17.2 Å². The zero-order chi connectivity index (χ0) is 29.7. The van der Waals surface area contributed by atoms with Crippen LogP contribution in [0.1, 0.15) is 49.8 Å². The Kier molecular flexibility index (Phi) is 13.7. The molecule has 0 spiro atoms.